The van der Waals surface area contributed by atoms with Gasteiger partial charge >= 0.3 is 0 Å². The van der Waals surface area contributed by atoms with Gasteiger partial charge in [0.25, 0.3) is 0 Å². The molecule has 1 atom stereocenters. The van der Waals surface area contributed by atoms with Crippen molar-refractivity contribution in [2.24, 2.45) is 0 Å². The summed E-state index contributed by atoms with van der Waals surface area (Å²) in [5.41, 5.74) is 4.30. The minimum Gasteiger partial charge on any atom is -0.385 e. The standard InChI is InChI=1S/C13H17NO/c1-2-11-8-10(12-5-7-15-9-12)3-4-13(11)14-6-1/h3-4,8,12,14H,1-2,5-7,9H2. The van der Waals surface area contributed by atoms with Crippen molar-refractivity contribution in [1.29, 1.82) is 0 Å². The number of aryl methyl sites for hydroxylation is 1. The maximum Gasteiger partial charge on any atom is 0.0535 e. The summed E-state index contributed by atoms with van der Waals surface area (Å²) in [6.45, 7) is 2.96. The molecule has 0 saturated carbocycles. The van der Waals surface area contributed by atoms with Crippen LogP contribution in [0.3, 0.4) is 0 Å². The fourth-order valence-corrected chi connectivity index (χ4v) is 2.55. The number of anilines is 1. The van der Waals surface area contributed by atoms with Crippen molar-refractivity contribution in [3.63, 3.8) is 0 Å². The van der Waals surface area contributed by atoms with Crippen molar-refractivity contribution in [3.05, 3.63) is 29.3 Å². The molecule has 1 fully saturated rings. The van der Waals surface area contributed by atoms with Crippen LogP contribution in [0.4, 0.5) is 5.69 Å². The number of hydrogen-bond acceptors (Lipinski definition) is 2. The van der Waals surface area contributed by atoms with Crippen LogP contribution in [0.2, 0.25) is 0 Å². The van der Waals surface area contributed by atoms with Crippen molar-refractivity contribution in [3.8, 4) is 0 Å². The maximum absolute atomic E-state index is 5.44. The normalized spacial score (nSPS) is 24.7. The van der Waals surface area contributed by atoms with E-state index in [1.807, 2.05) is 0 Å². The lowest BCUT2D eigenvalue weighted by molar-refractivity contribution is 0.194. The van der Waals surface area contributed by atoms with Crippen LogP contribution < -0.4 is 5.32 Å². The first-order valence-electron chi connectivity index (χ1n) is 5.88. The van der Waals surface area contributed by atoms with E-state index in [1.54, 1.807) is 0 Å². The Bertz CT molecular complexity index is 356. The highest BCUT2D eigenvalue weighted by molar-refractivity contribution is 5.54. The van der Waals surface area contributed by atoms with E-state index < -0.39 is 0 Å². The molecule has 80 valence electrons. The molecule has 0 aromatic heterocycles. The molecule has 2 aliphatic rings. The predicted molar refractivity (Wildman–Crippen MR) is 61.4 cm³/mol. The molecule has 1 unspecified atom stereocenters. The molecular formula is C13H17NO. The van der Waals surface area contributed by atoms with Gasteiger partial charge in [-0.25, -0.2) is 0 Å². The summed E-state index contributed by atoms with van der Waals surface area (Å²) >= 11 is 0. The first-order valence-corrected chi connectivity index (χ1v) is 5.88. The summed E-state index contributed by atoms with van der Waals surface area (Å²) in [7, 11) is 0. The summed E-state index contributed by atoms with van der Waals surface area (Å²) in [5, 5.41) is 3.45. The number of ether oxygens (including phenoxy) is 1. The Labute approximate surface area is 90.6 Å². The van der Waals surface area contributed by atoms with Gasteiger partial charge in [0, 0.05) is 24.8 Å². The quantitative estimate of drug-likeness (QED) is 0.757. The molecular weight excluding hydrogens is 186 g/mol. The predicted octanol–water partition coefficient (Wildman–Crippen LogP) is 2.55. The van der Waals surface area contributed by atoms with E-state index in [9.17, 15) is 0 Å². The van der Waals surface area contributed by atoms with Gasteiger partial charge in [-0.1, -0.05) is 12.1 Å². The van der Waals surface area contributed by atoms with Crippen molar-refractivity contribution in [1.82, 2.24) is 0 Å². The number of benzene rings is 1. The van der Waals surface area contributed by atoms with Crippen LogP contribution in [0.5, 0.6) is 0 Å². The Hall–Kier alpha value is -1.02. The van der Waals surface area contributed by atoms with Gasteiger partial charge in [-0.05, 0) is 36.5 Å². The van der Waals surface area contributed by atoms with E-state index in [0.717, 1.165) is 19.8 Å². The highest BCUT2D eigenvalue weighted by Crippen LogP contribution is 2.30. The van der Waals surface area contributed by atoms with Crippen molar-refractivity contribution >= 4 is 5.69 Å². The smallest absolute Gasteiger partial charge is 0.0535 e. The summed E-state index contributed by atoms with van der Waals surface area (Å²) in [6, 6.07) is 6.87. The van der Waals surface area contributed by atoms with Crippen molar-refractivity contribution in [2.45, 2.75) is 25.2 Å². The number of rotatable bonds is 1. The maximum atomic E-state index is 5.44. The Morgan fingerprint density at radius 2 is 2.33 bits per heavy atom. The Morgan fingerprint density at radius 3 is 3.20 bits per heavy atom. The monoisotopic (exact) mass is 203 g/mol. The zero-order valence-corrected chi connectivity index (χ0v) is 8.96. The average molecular weight is 203 g/mol. The molecule has 1 N–H and O–H groups in total. The minimum atomic E-state index is 0.636. The third-order valence-electron chi connectivity index (χ3n) is 3.47. The molecule has 0 spiro atoms. The van der Waals surface area contributed by atoms with Crippen LogP contribution in [-0.2, 0) is 11.2 Å². The zero-order chi connectivity index (χ0) is 10.1. The topological polar surface area (TPSA) is 21.3 Å². The molecule has 2 heteroatoms. The van der Waals surface area contributed by atoms with Gasteiger partial charge in [-0.15, -0.1) is 0 Å². The summed E-state index contributed by atoms with van der Waals surface area (Å²) in [4.78, 5) is 0. The van der Waals surface area contributed by atoms with E-state index in [2.05, 4.69) is 23.5 Å². The molecule has 2 aliphatic heterocycles. The lowest BCUT2D eigenvalue weighted by Crippen LogP contribution is -2.12. The minimum absolute atomic E-state index is 0.636. The molecule has 0 amide bonds. The molecule has 0 bridgehead atoms. The van der Waals surface area contributed by atoms with Crippen LogP contribution in [0.1, 0.15) is 29.9 Å². The van der Waals surface area contributed by atoms with Crippen LogP contribution >= 0.6 is 0 Å². The van der Waals surface area contributed by atoms with Crippen molar-refractivity contribution in [2.75, 3.05) is 25.1 Å². The third-order valence-corrected chi connectivity index (χ3v) is 3.47. The molecule has 1 saturated heterocycles. The molecule has 2 nitrogen and oxygen atoms in total. The lowest BCUT2D eigenvalue weighted by atomic mass is 9.93. The largest absolute Gasteiger partial charge is 0.385 e. The second-order valence-electron chi connectivity index (χ2n) is 4.51. The Kier molecular flexibility index (Phi) is 2.37. The van der Waals surface area contributed by atoms with Gasteiger partial charge in [0.05, 0.1) is 6.61 Å². The SMILES string of the molecule is c1cc2c(cc1C1CCOC1)CCCN2. The van der Waals surface area contributed by atoms with Crippen LogP contribution in [0.25, 0.3) is 0 Å². The third kappa shape index (κ3) is 1.74. The number of nitrogens with one attached hydrogen (secondary N) is 1. The second kappa shape index (κ2) is 3.86. The Morgan fingerprint density at radius 1 is 1.33 bits per heavy atom. The summed E-state index contributed by atoms with van der Waals surface area (Å²) in [5.74, 6) is 0.636. The van der Waals surface area contributed by atoms with E-state index >= 15 is 0 Å². The van der Waals surface area contributed by atoms with E-state index in [1.165, 1.54) is 36.1 Å². The fourth-order valence-electron chi connectivity index (χ4n) is 2.55. The number of hydrogen-bond donors (Lipinski definition) is 1. The molecule has 15 heavy (non-hydrogen) atoms. The molecule has 3 rings (SSSR count). The van der Waals surface area contributed by atoms with Crippen LogP contribution in [-0.4, -0.2) is 19.8 Å². The van der Waals surface area contributed by atoms with Gasteiger partial charge in [0.2, 0.25) is 0 Å². The highest BCUT2D eigenvalue weighted by Gasteiger charge is 2.19. The van der Waals surface area contributed by atoms with Crippen LogP contribution in [0, 0.1) is 0 Å². The van der Waals surface area contributed by atoms with E-state index in [0.29, 0.717) is 5.92 Å². The molecule has 0 radical (unpaired) electrons. The van der Waals surface area contributed by atoms with E-state index in [-0.39, 0.29) is 0 Å². The Balaban J connectivity index is 1.89. The van der Waals surface area contributed by atoms with Gasteiger partial charge in [-0.3, -0.25) is 0 Å². The zero-order valence-electron chi connectivity index (χ0n) is 8.96. The first-order chi connectivity index (χ1) is 7.43. The molecule has 2 heterocycles. The summed E-state index contributed by atoms with van der Waals surface area (Å²) in [6.07, 6.45) is 3.67. The van der Waals surface area contributed by atoms with Crippen LogP contribution in [0.15, 0.2) is 18.2 Å². The second-order valence-corrected chi connectivity index (χ2v) is 4.51. The number of fused-ring (bicyclic) bond motifs is 1. The molecule has 1 aromatic carbocycles. The average Bonchev–Trinajstić information content (AvgIpc) is 2.82. The molecule has 0 aliphatic carbocycles. The summed E-state index contributed by atoms with van der Waals surface area (Å²) < 4.78 is 5.44. The van der Waals surface area contributed by atoms with Gasteiger partial charge < -0.3 is 10.1 Å². The van der Waals surface area contributed by atoms with Gasteiger partial charge in [0.1, 0.15) is 0 Å². The first kappa shape index (κ1) is 9.22. The molecule has 1 aromatic rings. The van der Waals surface area contributed by atoms with E-state index in [4.69, 9.17) is 4.74 Å². The highest BCUT2D eigenvalue weighted by atomic mass is 16.5. The van der Waals surface area contributed by atoms with Gasteiger partial charge in [-0.2, -0.15) is 0 Å². The lowest BCUT2D eigenvalue weighted by Gasteiger charge is -2.20. The fraction of sp³-hybridized carbons (Fsp3) is 0.538. The van der Waals surface area contributed by atoms with Crippen molar-refractivity contribution < 1.29 is 4.74 Å². The van der Waals surface area contributed by atoms with Gasteiger partial charge in [0.15, 0.2) is 0 Å².